The van der Waals surface area contributed by atoms with Gasteiger partial charge in [-0.15, -0.1) is 0 Å². The van der Waals surface area contributed by atoms with Crippen LogP contribution in [0.15, 0.2) is 18.2 Å². The topological polar surface area (TPSA) is 66.8 Å². The number of benzene rings is 1. The van der Waals surface area contributed by atoms with Crippen molar-refractivity contribution in [3.8, 4) is 0 Å². The maximum absolute atomic E-state index is 12.7. The Labute approximate surface area is 131 Å². The van der Waals surface area contributed by atoms with Crippen LogP contribution in [-0.4, -0.2) is 41.6 Å². The molecule has 0 saturated heterocycles. The molecule has 1 aromatic rings. The van der Waals surface area contributed by atoms with E-state index in [9.17, 15) is 14.7 Å². The lowest BCUT2D eigenvalue weighted by molar-refractivity contribution is 0.0518. The maximum atomic E-state index is 12.7. The molecule has 0 aliphatic rings. The number of carbonyl (C=O) groups is 2. The Kier molecular flexibility index (Phi) is 7.60. The second-order valence-electron chi connectivity index (χ2n) is 5.05. The summed E-state index contributed by atoms with van der Waals surface area (Å²) >= 11 is 0. The first-order valence-corrected chi connectivity index (χ1v) is 7.79. The SMILES string of the molecule is CCCN(CCC)C(=O)c1ccc(CO)cc1C(=O)OCC. The highest BCUT2D eigenvalue weighted by atomic mass is 16.5. The second kappa shape index (κ2) is 9.20. The summed E-state index contributed by atoms with van der Waals surface area (Å²) in [4.78, 5) is 26.6. The number of carbonyl (C=O) groups excluding carboxylic acids is 2. The minimum absolute atomic E-state index is 0.170. The number of aliphatic hydroxyl groups is 1. The third kappa shape index (κ3) is 4.56. The lowest BCUT2D eigenvalue weighted by Crippen LogP contribution is -2.33. The number of ether oxygens (including phenoxy) is 1. The predicted molar refractivity (Wildman–Crippen MR) is 84.8 cm³/mol. The van der Waals surface area contributed by atoms with E-state index in [1.54, 1.807) is 24.0 Å². The number of nitrogens with zero attached hydrogens (tertiary/aromatic N) is 1. The quantitative estimate of drug-likeness (QED) is 0.750. The normalized spacial score (nSPS) is 10.4. The van der Waals surface area contributed by atoms with Gasteiger partial charge in [0, 0.05) is 13.1 Å². The van der Waals surface area contributed by atoms with Crippen LogP contribution in [0.1, 0.15) is 59.9 Å². The fourth-order valence-corrected chi connectivity index (χ4v) is 2.28. The summed E-state index contributed by atoms with van der Waals surface area (Å²) < 4.78 is 5.03. The van der Waals surface area contributed by atoms with Crippen molar-refractivity contribution in [3.05, 3.63) is 34.9 Å². The maximum Gasteiger partial charge on any atom is 0.338 e. The molecule has 0 radical (unpaired) electrons. The summed E-state index contributed by atoms with van der Waals surface area (Å²) in [5, 5.41) is 9.23. The lowest BCUT2D eigenvalue weighted by Gasteiger charge is -2.22. The van der Waals surface area contributed by atoms with Crippen LogP contribution in [0.3, 0.4) is 0 Å². The first-order valence-electron chi connectivity index (χ1n) is 7.79. The first kappa shape index (κ1) is 18.2. The number of hydrogen-bond acceptors (Lipinski definition) is 4. The Bertz CT molecular complexity index is 507. The summed E-state index contributed by atoms with van der Waals surface area (Å²) in [6.07, 6.45) is 1.71. The fourth-order valence-electron chi connectivity index (χ4n) is 2.28. The Morgan fingerprint density at radius 2 is 1.73 bits per heavy atom. The Balaban J connectivity index is 3.20. The molecule has 0 aromatic heterocycles. The Morgan fingerprint density at radius 1 is 1.09 bits per heavy atom. The molecule has 22 heavy (non-hydrogen) atoms. The molecule has 0 heterocycles. The number of esters is 1. The van der Waals surface area contributed by atoms with E-state index in [-0.39, 0.29) is 24.7 Å². The van der Waals surface area contributed by atoms with Crippen LogP contribution in [-0.2, 0) is 11.3 Å². The Morgan fingerprint density at radius 3 is 2.23 bits per heavy atom. The van der Waals surface area contributed by atoms with Gasteiger partial charge in [0.2, 0.25) is 0 Å². The second-order valence-corrected chi connectivity index (χ2v) is 5.05. The van der Waals surface area contributed by atoms with Gasteiger partial charge in [-0.3, -0.25) is 4.79 Å². The molecule has 0 spiro atoms. The zero-order valence-electron chi connectivity index (χ0n) is 13.6. The molecule has 0 unspecified atom stereocenters. The van der Waals surface area contributed by atoms with Gasteiger partial charge < -0.3 is 14.7 Å². The Hall–Kier alpha value is -1.88. The van der Waals surface area contributed by atoms with E-state index < -0.39 is 5.97 Å². The zero-order valence-corrected chi connectivity index (χ0v) is 13.6. The molecule has 0 atom stereocenters. The van der Waals surface area contributed by atoms with Crippen LogP contribution in [0.4, 0.5) is 0 Å². The van der Waals surface area contributed by atoms with Crippen molar-refractivity contribution in [2.75, 3.05) is 19.7 Å². The molecule has 1 aromatic carbocycles. The van der Waals surface area contributed by atoms with Crippen molar-refractivity contribution in [3.63, 3.8) is 0 Å². The molecule has 122 valence electrons. The van der Waals surface area contributed by atoms with Crippen molar-refractivity contribution in [2.45, 2.75) is 40.2 Å². The highest BCUT2D eigenvalue weighted by molar-refractivity contribution is 6.05. The van der Waals surface area contributed by atoms with Crippen molar-refractivity contribution in [1.29, 1.82) is 0 Å². The van der Waals surface area contributed by atoms with Gasteiger partial charge in [-0.25, -0.2) is 4.79 Å². The predicted octanol–water partition coefficient (Wildman–Crippen LogP) is 2.62. The molecule has 0 bridgehead atoms. The van der Waals surface area contributed by atoms with Gasteiger partial charge in [0.1, 0.15) is 0 Å². The van der Waals surface area contributed by atoms with Crippen molar-refractivity contribution >= 4 is 11.9 Å². The van der Waals surface area contributed by atoms with E-state index in [2.05, 4.69) is 0 Å². The standard InChI is InChI=1S/C17H25NO4/c1-4-9-18(10-5-2)16(20)14-8-7-13(12-19)11-15(14)17(21)22-6-3/h7-8,11,19H,4-6,9-10,12H2,1-3H3. The van der Waals surface area contributed by atoms with Crippen LogP contribution in [0.5, 0.6) is 0 Å². The van der Waals surface area contributed by atoms with E-state index in [4.69, 9.17) is 4.74 Å². The van der Waals surface area contributed by atoms with E-state index >= 15 is 0 Å². The number of hydrogen-bond donors (Lipinski definition) is 1. The molecule has 0 aliphatic heterocycles. The molecular weight excluding hydrogens is 282 g/mol. The van der Waals surface area contributed by atoms with E-state index in [1.165, 1.54) is 6.07 Å². The molecule has 1 amide bonds. The van der Waals surface area contributed by atoms with Gasteiger partial charge in [0.25, 0.3) is 5.91 Å². The van der Waals surface area contributed by atoms with E-state index in [0.29, 0.717) is 24.2 Å². The third-order valence-electron chi connectivity index (χ3n) is 3.27. The highest BCUT2D eigenvalue weighted by Crippen LogP contribution is 2.17. The van der Waals surface area contributed by atoms with Crippen molar-refractivity contribution in [2.24, 2.45) is 0 Å². The van der Waals surface area contributed by atoms with Gasteiger partial charge in [0.15, 0.2) is 0 Å². The third-order valence-corrected chi connectivity index (χ3v) is 3.27. The van der Waals surface area contributed by atoms with Gasteiger partial charge in [-0.2, -0.15) is 0 Å². The number of aliphatic hydroxyl groups excluding tert-OH is 1. The molecule has 1 rings (SSSR count). The average Bonchev–Trinajstić information content (AvgIpc) is 2.53. The molecule has 0 fully saturated rings. The van der Waals surface area contributed by atoms with Crippen LogP contribution < -0.4 is 0 Å². The van der Waals surface area contributed by atoms with Crippen molar-refractivity contribution < 1.29 is 19.4 Å². The molecule has 5 heteroatoms. The van der Waals surface area contributed by atoms with Crippen molar-refractivity contribution in [1.82, 2.24) is 4.90 Å². The van der Waals surface area contributed by atoms with Crippen LogP contribution >= 0.6 is 0 Å². The minimum Gasteiger partial charge on any atom is -0.462 e. The van der Waals surface area contributed by atoms with E-state index in [1.807, 2.05) is 13.8 Å². The lowest BCUT2D eigenvalue weighted by atomic mass is 10.0. The van der Waals surface area contributed by atoms with Crippen LogP contribution in [0.2, 0.25) is 0 Å². The summed E-state index contributed by atoms with van der Waals surface area (Å²) in [6, 6.07) is 4.78. The van der Waals surface area contributed by atoms with Crippen LogP contribution in [0, 0.1) is 0 Å². The molecule has 5 nitrogen and oxygen atoms in total. The smallest absolute Gasteiger partial charge is 0.338 e. The molecule has 0 saturated carbocycles. The fraction of sp³-hybridized carbons (Fsp3) is 0.529. The summed E-state index contributed by atoms with van der Waals surface area (Å²) in [6.45, 7) is 7.09. The summed E-state index contributed by atoms with van der Waals surface area (Å²) in [5.41, 5.74) is 1.13. The average molecular weight is 307 g/mol. The monoisotopic (exact) mass is 307 g/mol. The van der Waals surface area contributed by atoms with Gasteiger partial charge in [-0.05, 0) is 37.5 Å². The summed E-state index contributed by atoms with van der Waals surface area (Å²) in [5.74, 6) is -0.703. The van der Waals surface area contributed by atoms with E-state index in [0.717, 1.165) is 12.8 Å². The highest BCUT2D eigenvalue weighted by Gasteiger charge is 2.22. The number of rotatable bonds is 8. The molecular formula is C17H25NO4. The van der Waals surface area contributed by atoms with Gasteiger partial charge >= 0.3 is 5.97 Å². The first-order chi connectivity index (χ1) is 10.6. The van der Waals surface area contributed by atoms with Gasteiger partial charge in [0.05, 0.1) is 24.3 Å². The van der Waals surface area contributed by atoms with Gasteiger partial charge in [-0.1, -0.05) is 19.9 Å². The summed E-state index contributed by atoms with van der Waals surface area (Å²) in [7, 11) is 0. The molecule has 0 aliphatic carbocycles. The molecule has 1 N–H and O–H groups in total. The van der Waals surface area contributed by atoms with Crippen LogP contribution in [0.25, 0.3) is 0 Å². The number of amides is 1. The zero-order chi connectivity index (χ0) is 16.5. The largest absolute Gasteiger partial charge is 0.462 e. The minimum atomic E-state index is -0.533.